The lowest BCUT2D eigenvalue weighted by atomic mass is 10.1. The zero-order valence-corrected chi connectivity index (χ0v) is 16.3. The summed E-state index contributed by atoms with van der Waals surface area (Å²) in [5, 5.41) is 2.92. The molecule has 0 amide bonds. The Labute approximate surface area is 178 Å². The summed E-state index contributed by atoms with van der Waals surface area (Å²) >= 11 is 0. The summed E-state index contributed by atoms with van der Waals surface area (Å²) in [6.07, 6.45) is -1.87. The van der Waals surface area contributed by atoms with Gasteiger partial charge in [-0.3, -0.25) is 0 Å². The third-order valence-electron chi connectivity index (χ3n) is 4.58. The molecule has 4 aromatic rings. The number of halogens is 5. The predicted molar refractivity (Wildman–Crippen MR) is 107 cm³/mol. The van der Waals surface area contributed by atoms with Gasteiger partial charge in [-0.2, -0.15) is 13.2 Å². The average molecular weight is 446 g/mol. The number of hydrogen-bond donors (Lipinski definition) is 1. The lowest BCUT2D eigenvalue weighted by Crippen LogP contribution is -2.08. The molecule has 164 valence electrons. The molecule has 10 heteroatoms. The maximum Gasteiger partial charge on any atom is 0.416 e. The second-order valence-electron chi connectivity index (χ2n) is 6.78. The van der Waals surface area contributed by atoms with Gasteiger partial charge in [0.25, 0.3) is 0 Å². The van der Waals surface area contributed by atoms with Gasteiger partial charge < -0.3 is 10.1 Å². The Balaban J connectivity index is 1.45. The van der Waals surface area contributed by atoms with Crippen molar-refractivity contribution in [1.82, 2.24) is 15.0 Å². The van der Waals surface area contributed by atoms with E-state index in [9.17, 15) is 22.0 Å². The number of benzene rings is 2. The van der Waals surface area contributed by atoms with Crippen molar-refractivity contribution in [3.05, 3.63) is 83.8 Å². The summed E-state index contributed by atoms with van der Waals surface area (Å²) in [4.78, 5) is 11.6. The van der Waals surface area contributed by atoms with Gasteiger partial charge in [0, 0.05) is 18.8 Å². The van der Waals surface area contributed by atoms with E-state index in [-0.39, 0.29) is 22.6 Å². The first kappa shape index (κ1) is 21.4. The Bertz CT molecular complexity index is 1260. The first-order valence-corrected chi connectivity index (χ1v) is 9.44. The summed E-state index contributed by atoms with van der Waals surface area (Å²) in [5.41, 5.74) is -0.179. The first-order chi connectivity index (χ1) is 15.3. The predicted octanol–water partition coefficient (Wildman–Crippen LogP) is 5.77. The van der Waals surface area contributed by atoms with Crippen molar-refractivity contribution in [1.29, 1.82) is 0 Å². The molecule has 4 rings (SSSR count). The van der Waals surface area contributed by atoms with Crippen LogP contribution in [0.25, 0.3) is 10.9 Å². The first-order valence-electron chi connectivity index (χ1n) is 9.44. The van der Waals surface area contributed by atoms with Gasteiger partial charge in [-0.15, -0.1) is 0 Å². The Hall–Kier alpha value is -3.82. The van der Waals surface area contributed by atoms with Crippen LogP contribution in [0.5, 0.6) is 11.6 Å². The van der Waals surface area contributed by atoms with Crippen molar-refractivity contribution in [2.45, 2.75) is 12.6 Å². The molecule has 0 fully saturated rings. The minimum absolute atomic E-state index is 0.0415. The van der Waals surface area contributed by atoms with Crippen molar-refractivity contribution < 1.29 is 26.7 Å². The average Bonchev–Trinajstić information content (AvgIpc) is 2.76. The molecule has 32 heavy (non-hydrogen) atoms. The number of nitrogens with zero attached hydrogens (tertiary/aromatic N) is 3. The number of pyridine rings is 1. The topological polar surface area (TPSA) is 59.9 Å². The largest absolute Gasteiger partial charge is 0.439 e. The molecule has 0 unspecified atom stereocenters. The Morgan fingerprint density at radius 3 is 2.53 bits per heavy atom. The molecule has 2 heterocycles. The van der Waals surface area contributed by atoms with Crippen molar-refractivity contribution >= 4 is 16.7 Å². The van der Waals surface area contributed by atoms with E-state index in [1.807, 2.05) is 0 Å². The molecule has 0 atom stereocenters. The van der Waals surface area contributed by atoms with E-state index in [0.717, 1.165) is 42.4 Å². The number of ether oxygens (including phenoxy) is 1. The smallest absolute Gasteiger partial charge is 0.416 e. The molecule has 0 aliphatic rings. The molecule has 5 nitrogen and oxygen atoms in total. The van der Waals surface area contributed by atoms with Gasteiger partial charge in [0.15, 0.2) is 0 Å². The van der Waals surface area contributed by atoms with Crippen molar-refractivity contribution in [2.75, 3.05) is 11.9 Å². The van der Waals surface area contributed by atoms with Crippen LogP contribution in [0.3, 0.4) is 0 Å². The number of alkyl halides is 3. The lowest BCUT2D eigenvalue weighted by molar-refractivity contribution is -0.137. The fraction of sp³-hybridized carbons (Fsp3) is 0.136. The monoisotopic (exact) mass is 446 g/mol. The third kappa shape index (κ3) is 4.74. The molecule has 2 aromatic carbocycles. The minimum atomic E-state index is -4.50. The molecule has 2 aromatic heterocycles. The quantitative estimate of drug-likeness (QED) is 0.381. The van der Waals surface area contributed by atoms with Gasteiger partial charge in [0.05, 0.1) is 10.9 Å². The number of aromatic nitrogens is 3. The van der Waals surface area contributed by atoms with Gasteiger partial charge in [-0.25, -0.2) is 23.7 Å². The van der Waals surface area contributed by atoms with E-state index in [0.29, 0.717) is 18.7 Å². The van der Waals surface area contributed by atoms with Gasteiger partial charge in [0.2, 0.25) is 5.88 Å². The molecular formula is C22H15F5N4O. The van der Waals surface area contributed by atoms with Gasteiger partial charge in [-0.05, 0) is 42.3 Å². The molecule has 1 N–H and O–H groups in total. The number of rotatable bonds is 6. The second kappa shape index (κ2) is 8.74. The van der Waals surface area contributed by atoms with E-state index >= 15 is 0 Å². The van der Waals surface area contributed by atoms with E-state index in [1.54, 1.807) is 24.3 Å². The van der Waals surface area contributed by atoms with E-state index in [4.69, 9.17) is 4.74 Å². The highest BCUT2D eigenvalue weighted by Gasteiger charge is 2.31. The number of anilines is 1. The second-order valence-corrected chi connectivity index (χ2v) is 6.78. The fourth-order valence-electron chi connectivity index (χ4n) is 3.09. The molecule has 0 aliphatic carbocycles. The minimum Gasteiger partial charge on any atom is -0.439 e. The number of hydrogen-bond acceptors (Lipinski definition) is 5. The van der Waals surface area contributed by atoms with Crippen LogP contribution in [0.1, 0.15) is 11.1 Å². The van der Waals surface area contributed by atoms with Crippen LogP contribution in [-0.2, 0) is 12.6 Å². The zero-order chi connectivity index (χ0) is 22.7. The zero-order valence-electron chi connectivity index (χ0n) is 16.3. The van der Waals surface area contributed by atoms with Gasteiger partial charge in [0.1, 0.15) is 35.0 Å². The maximum absolute atomic E-state index is 14.2. The van der Waals surface area contributed by atoms with Crippen LogP contribution in [0.2, 0.25) is 0 Å². The lowest BCUT2D eigenvalue weighted by Gasteiger charge is -2.11. The van der Waals surface area contributed by atoms with E-state index < -0.39 is 23.4 Å². The van der Waals surface area contributed by atoms with Crippen LogP contribution >= 0.6 is 0 Å². The molecule has 0 saturated carbocycles. The van der Waals surface area contributed by atoms with Crippen molar-refractivity contribution in [2.24, 2.45) is 0 Å². The van der Waals surface area contributed by atoms with Gasteiger partial charge >= 0.3 is 6.18 Å². The maximum atomic E-state index is 14.2. The highest BCUT2D eigenvalue weighted by atomic mass is 19.4. The Morgan fingerprint density at radius 1 is 0.906 bits per heavy atom. The summed E-state index contributed by atoms with van der Waals surface area (Å²) < 4.78 is 72.1. The molecule has 0 radical (unpaired) electrons. The van der Waals surface area contributed by atoms with Crippen LogP contribution in [0.15, 0.2) is 61.1 Å². The van der Waals surface area contributed by atoms with Crippen molar-refractivity contribution in [3.8, 4) is 11.6 Å². The fourth-order valence-corrected chi connectivity index (χ4v) is 3.09. The summed E-state index contributed by atoms with van der Waals surface area (Å²) in [6.45, 7) is 0.327. The van der Waals surface area contributed by atoms with Crippen LogP contribution < -0.4 is 10.1 Å². The molecule has 0 saturated heterocycles. The van der Waals surface area contributed by atoms with E-state index in [2.05, 4.69) is 20.3 Å². The Morgan fingerprint density at radius 2 is 1.72 bits per heavy atom. The normalized spacial score (nSPS) is 11.5. The Kier molecular flexibility index (Phi) is 5.85. The standard InChI is InChI=1S/C22H15F5N4O/c23-16-4-5-17(24)20-19(16)21(31-12-30-20)29-8-6-13-2-1-3-15(10-13)32-18-11-14(7-9-28-18)22(25,26)27/h1-5,7,9-12H,6,8H2,(H,29,30,31). The summed E-state index contributed by atoms with van der Waals surface area (Å²) in [6, 6.07) is 10.4. The summed E-state index contributed by atoms with van der Waals surface area (Å²) in [5.74, 6) is -1.00. The SMILES string of the molecule is Fc1ccc(F)c2c(NCCc3cccc(Oc4cc(C(F)(F)F)ccn4)c3)ncnc12. The summed E-state index contributed by atoms with van der Waals surface area (Å²) in [7, 11) is 0. The molecule has 0 bridgehead atoms. The van der Waals surface area contributed by atoms with Crippen molar-refractivity contribution in [3.63, 3.8) is 0 Å². The highest BCUT2D eigenvalue weighted by molar-refractivity contribution is 5.89. The third-order valence-corrected chi connectivity index (χ3v) is 4.58. The van der Waals surface area contributed by atoms with Crippen LogP contribution in [-0.4, -0.2) is 21.5 Å². The van der Waals surface area contributed by atoms with E-state index in [1.165, 1.54) is 0 Å². The number of nitrogens with one attached hydrogen (secondary N) is 1. The molecule has 0 spiro atoms. The molecular weight excluding hydrogens is 431 g/mol. The van der Waals surface area contributed by atoms with Gasteiger partial charge in [-0.1, -0.05) is 12.1 Å². The number of fused-ring (bicyclic) bond motifs is 1. The molecule has 0 aliphatic heterocycles. The van der Waals surface area contributed by atoms with Crippen LogP contribution in [0, 0.1) is 11.6 Å². The van der Waals surface area contributed by atoms with Crippen LogP contribution in [0.4, 0.5) is 27.8 Å². The highest BCUT2D eigenvalue weighted by Crippen LogP contribution is 2.31.